The third kappa shape index (κ3) is 5.50. The molecule has 0 aromatic carbocycles. The van der Waals surface area contributed by atoms with E-state index in [1.54, 1.807) is 0 Å². The molecule has 0 atom stereocenters. The van der Waals surface area contributed by atoms with Crippen molar-refractivity contribution in [2.75, 3.05) is 26.9 Å². The third-order valence-corrected chi connectivity index (χ3v) is 2.62. The highest BCUT2D eigenvalue weighted by Gasteiger charge is 2.28. The Bertz CT molecular complexity index is 171. The largest absolute Gasteiger partial charge is 0.379 e. The summed E-state index contributed by atoms with van der Waals surface area (Å²) in [6.45, 7) is 8.79. The van der Waals surface area contributed by atoms with Crippen molar-refractivity contribution in [1.82, 2.24) is 5.32 Å². The summed E-state index contributed by atoms with van der Waals surface area (Å²) in [7, 11) is 2.01. The van der Waals surface area contributed by atoms with E-state index < -0.39 is 0 Å². The summed E-state index contributed by atoms with van der Waals surface area (Å²) in [5, 5.41) is 3.24. The van der Waals surface area contributed by atoms with Crippen LogP contribution in [0.5, 0.6) is 0 Å². The van der Waals surface area contributed by atoms with Crippen LogP contribution in [0.25, 0.3) is 0 Å². The fraction of sp³-hybridized carbons (Fsp3) is 1.00. The fourth-order valence-electron chi connectivity index (χ4n) is 1.59. The molecular formula is C12H25NO2. The van der Waals surface area contributed by atoms with Crippen molar-refractivity contribution in [3.05, 3.63) is 0 Å². The van der Waals surface area contributed by atoms with E-state index in [-0.39, 0.29) is 5.41 Å². The first-order valence-electron chi connectivity index (χ1n) is 5.88. The Morgan fingerprint density at radius 1 is 1.20 bits per heavy atom. The maximum absolute atomic E-state index is 5.66. The van der Waals surface area contributed by atoms with Gasteiger partial charge in [-0.1, -0.05) is 20.8 Å². The van der Waals surface area contributed by atoms with Crippen LogP contribution in [-0.2, 0) is 9.47 Å². The van der Waals surface area contributed by atoms with Gasteiger partial charge in [0.2, 0.25) is 0 Å². The first-order valence-corrected chi connectivity index (χ1v) is 5.88. The van der Waals surface area contributed by atoms with E-state index in [2.05, 4.69) is 26.1 Å². The number of rotatable bonds is 6. The molecule has 0 unspecified atom stereocenters. The zero-order valence-corrected chi connectivity index (χ0v) is 10.5. The molecule has 0 aromatic rings. The highest BCUT2D eigenvalue weighted by Crippen LogP contribution is 2.22. The van der Waals surface area contributed by atoms with Crippen LogP contribution >= 0.6 is 0 Å². The Morgan fingerprint density at radius 3 is 2.40 bits per heavy atom. The van der Waals surface area contributed by atoms with Crippen LogP contribution in [0.4, 0.5) is 0 Å². The van der Waals surface area contributed by atoms with Crippen LogP contribution in [0.1, 0.15) is 33.6 Å². The smallest absolute Gasteiger partial charge is 0.0704 e. The quantitative estimate of drug-likeness (QED) is 0.686. The van der Waals surface area contributed by atoms with Crippen molar-refractivity contribution in [2.45, 2.75) is 45.8 Å². The maximum Gasteiger partial charge on any atom is 0.0704 e. The Hall–Kier alpha value is -0.120. The molecule has 90 valence electrons. The molecule has 0 amide bonds. The maximum atomic E-state index is 5.66. The molecule has 0 aromatic heterocycles. The van der Waals surface area contributed by atoms with Gasteiger partial charge in [0, 0.05) is 6.04 Å². The summed E-state index contributed by atoms with van der Waals surface area (Å²) < 4.78 is 11.2. The highest BCUT2D eigenvalue weighted by molar-refractivity contribution is 4.84. The number of ether oxygens (including phenoxy) is 2. The molecule has 3 nitrogen and oxygen atoms in total. The number of hydrogen-bond donors (Lipinski definition) is 1. The Labute approximate surface area is 93.5 Å². The van der Waals surface area contributed by atoms with Gasteiger partial charge in [-0.3, -0.25) is 0 Å². The Kier molecular flexibility index (Phi) is 5.03. The lowest BCUT2D eigenvalue weighted by atomic mass is 9.89. The summed E-state index contributed by atoms with van der Waals surface area (Å²) in [6.07, 6.45) is 2.76. The zero-order valence-electron chi connectivity index (χ0n) is 10.5. The molecule has 1 aliphatic carbocycles. The molecule has 0 bridgehead atoms. The van der Waals surface area contributed by atoms with E-state index in [0.29, 0.717) is 12.1 Å². The van der Waals surface area contributed by atoms with Gasteiger partial charge in [0.1, 0.15) is 0 Å². The summed E-state index contributed by atoms with van der Waals surface area (Å²) in [6, 6.07) is 0.672. The van der Waals surface area contributed by atoms with Crippen LogP contribution < -0.4 is 5.32 Å². The number of nitrogens with one attached hydrogen (secondary N) is 1. The molecule has 0 spiro atoms. The summed E-state index contributed by atoms with van der Waals surface area (Å²) in [4.78, 5) is 0. The second-order valence-corrected chi connectivity index (χ2v) is 5.56. The molecule has 0 heterocycles. The van der Waals surface area contributed by atoms with Crippen molar-refractivity contribution >= 4 is 0 Å². The predicted octanol–water partition coefficient (Wildman–Crippen LogP) is 1.82. The molecular weight excluding hydrogens is 190 g/mol. The lowest BCUT2D eigenvalue weighted by molar-refractivity contribution is -0.0482. The van der Waals surface area contributed by atoms with Crippen LogP contribution in [0.15, 0.2) is 0 Å². The average Bonchev–Trinajstić information content (AvgIpc) is 2.05. The van der Waals surface area contributed by atoms with E-state index in [9.17, 15) is 0 Å². The molecule has 1 aliphatic rings. The van der Waals surface area contributed by atoms with Gasteiger partial charge in [-0.05, 0) is 25.3 Å². The van der Waals surface area contributed by atoms with Crippen molar-refractivity contribution < 1.29 is 9.47 Å². The first-order chi connectivity index (χ1) is 7.01. The lowest BCUT2D eigenvalue weighted by Gasteiger charge is -2.34. The van der Waals surface area contributed by atoms with Crippen LogP contribution in [0.3, 0.4) is 0 Å². The molecule has 1 rings (SSSR count). The SMILES string of the molecule is CN[C@H]1C[C@H](OCCOCC(C)(C)C)C1. The third-order valence-electron chi connectivity index (χ3n) is 2.62. The standard InChI is InChI=1S/C12H25NO2/c1-12(2,3)9-14-5-6-15-11-7-10(8-11)13-4/h10-11,13H,5-9H2,1-4H3/t10-,11-. The van der Waals surface area contributed by atoms with E-state index in [1.165, 1.54) is 0 Å². The average molecular weight is 215 g/mol. The van der Waals surface area contributed by atoms with E-state index in [1.807, 2.05) is 7.05 Å². The normalized spacial score (nSPS) is 26.4. The van der Waals surface area contributed by atoms with Crippen molar-refractivity contribution in [3.8, 4) is 0 Å². The molecule has 1 fully saturated rings. The summed E-state index contributed by atoms with van der Waals surface area (Å²) >= 11 is 0. The van der Waals surface area contributed by atoms with Gasteiger partial charge in [-0.15, -0.1) is 0 Å². The Morgan fingerprint density at radius 2 is 1.87 bits per heavy atom. The van der Waals surface area contributed by atoms with Gasteiger partial charge < -0.3 is 14.8 Å². The molecule has 1 saturated carbocycles. The molecule has 15 heavy (non-hydrogen) atoms. The molecule has 0 radical (unpaired) electrons. The van der Waals surface area contributed by atoms with Gasteiger partial charge in [0.15, 0.2) is 0 Å². The van der Waals surface area contributed by atoms with E-state index in [4.69, 9.17) is 9.47 Å². The van der Waals surface area contributed by atoms with Crippen LogP contribution in [0, 0.1) is 5.41 Å². The first kappa shape index (κ1) is 12.9. The minimum Gasteiger partial charge on any atom is -0.379 e. The monoisotopic (exact) mass is 215 g/mol. The van der Waals surface area contributed by atoms with E-state index >= 15 is 0 Å². The van der Waals surface area contributed by atoms with Crippen molar-refractivity contribution in [3.63, 3.8) is 0 Å². The van der Waals surface area contributed by atoms with Crippen molar-refractivity contribution in [1.29, 1.82) is 0 Å². The fourth-order valence-corrected chi connectivity index (χ4v) is 1.59. The van der Waals surface area contributed by atoms with Gasteiger partial charge >= 0.3 is 0 Å². The molecule has 0 aliphatic heterocycles. The van der Waals surface area contributed by atoms with Crippen molar-refractivity contribution in [2.24, 2.45) is 5.41 Å². The highest BCUT2D eigenvalue weighted by atomic mass is 16.5. The van der Waals surface area contributed by atoms with E-state index in [0.717, 1.165) is 32.7 Å². The second-order valence-electron chi connectivity index (χ2n) is 5.56. The van der Waals surface area contributed by atoms with Gasteiger partial charge in [0.05, 0.1) is 25.9 Å². The number of hydrogen-bond acceptors (Lipinski definition) is 3. The minimum atomic E-state index is 0.258. The second kappa shape index (κ2) is 5.83. The lowest BCUT2D eigenvalue weighted by Crippen LogP contribution is -2.44. The van der Waals surface area contributed by atoms with Gasteiger partial charge in [-0.2, -0.15) is 0 Å². The summed E-state index contributed by atoms with van der Waals surface area (Å²) in [5.74, 6) is 0. The molecule has 0 saturated heterocycles. The summed E-state index contributed by atoms with van der Waals surface area (Å²) in [5.41, 5.74) is 0.258. The van der Waals surface area contributed by atoms with Gasteiger partial charge in [0.25, 0.3) is 0 Å². The Balaban J connectivity index is 1.86. The predicted molar refractivity (Wildman–Crippen MR) is 62.1 cm³/mol. The van der Waals surface area contributed by atoms with Crippen LogP contribution in [0.2, 0.25) is 0 Å². The molecule has 1 N–H and O–H groups in total. The molecule has 3 heteroatoms. The van der Waals surface area contributed by atoms with Gasteiger partial charge in [-0.25, -0.2) is 0 Å². The topological polar surface area (TPSA) is 30.5 Å². The van der Waals surface area contributed by atoms with Crippen LogP contribution in [-0.4, -0.2) is 39.0 Å². The minimum absolute atomic E-state index is 0.258. The zero-order chi connectivity index (χ0) is 11.3.